The number of amides is 1. The Balaban J connectivity index is 1.28. The van der Waals surface area contributed by atoms with Crippen molar-refractivity contribution < 1.29 is 19.1 Å². The van der Waals surface area contributed by atoms with Gasteiger partial charge in [0.15, 0.2) is 5.58 Å². The maximum absolute atomic E-state index is 12.1. The van der Waals surface area contributed by atoms with E-state index in [0.29, 0.717) is 42.7 Å². The Hall–Kier alpha value is -3.01. The SMILES string of the molecule is O=C(/C=C/c1cscn1)NCc1cc2cc(-c3ccc(C(O)N4CCOCC4)cc3)cc(Cl)c2o1. The van der Waals surface area contributed by atoms with Gasteiger partial charge < -0.3 is 19.6 Å². The van der Waals surface area contributed by atoms with E-state index in [1.165, 1.54) is 17.4 Å². The Morgan fingerprint density at radius 2 is 2.00 bits per heavy atom. The lowest BCUT2D eigenvalue weighted by molar-refractivity contribution is -0.116. The number of aliphatic hydroxyl groups is 1. The molecule has 0 spiro atoms. The molecule has 0 saturated carbocycles. The number of ether oxygens (including phenoxy) is 1. The van der Waals surface area contributed by atoms with Crippen LogP contribution in [0.25, 0.3) is 28.2 Å². The van der Waals surface area contributed by atoms with Crippen molar-refractivity contribution in [3.8, 4) is 11.1 Å². The van der Waals surface area contributed by atoms with Crippen molar-refractivity contribution in [2.75, 3.05) is 26.3 Å². The fourth-order valence-corrected chi connectivity index (χ4v) is 4.78. The number of carbonyl (C=O) groups excluding carboxylic acids is 1. The van der Waals surface area contributed by atoms with Crippen LogP contribution in [0.5, 0.6) is 0 Å². The number of carbonyl (C=O) groups is 1. The summed E-state index contributed by atoms with van der Waals surface area (Å²) < 4.78 is 11.2. The molecule has 1 saturated heterocycles. The number of hydrogen-bond donors (Lipinski definition) is 2. The van der Waals surface area contributed by atoms with Crippen LogP contribution in [-0.2, 0) is 16.1 Å². The average Bonchev–Trinajstić information content (AvgIpc) is 3.56. The molecule has 1 atom stereocenters. The molecule has 35 heavy (non-hydrogen) atoms. The molecule has 2 aromatic heterocycles. The lowest BCUT2D eigenvalue weighted by atomic mass is 10.0. The van der Waals surface area contributed by atoms with E-state index in [2.05, 4.69) is 10.3 Å². The number of halogens is 1. The average molecular weight is 510 g/mol. The van der Waals surface area contributed by atoms with E-state index in [9.17, 15) is 9.90 Å². The first kappa shape index (κ1) is 23.7. The number of morpholine rings is 1. The standard InChI is InChI=1S/C26H24ClN3O4S/c27-23-13-19(17-1-3-18(4-2-17)26(32)30-7-9-33-10-8-30)11-20-12-22(34-25(20)23)14-28-24(31)6-5-21-15-35-16-29-21/h1-6,11-13,15-16,26,32H,7-10,14H2,(H,28,31)/b6-5+. The number of thiazole rings is 1. The van der Waals surface area contributed by atoms with Crippen LogP contribution in [0.1, 0.15) is 23.2 Å². The number of aliphatic hydroxyl groups excluding tert-OH is 1. The van der Waals surface area contributed by atoms with Gasteiger partial charge in [-0.3, -0.25) is 9.69 Å². The number of fused-ring (bicyclic) bond motifs is 1. The van der Waals surface area contributed by atoms with Crippen LogP contribution in [0, 0.1) is 0 Å². The van der Waals surface area contributed by atoms with Crippen molar-refractivity contribution in [2.24, 2.45) is 0 Å². The molecule has 1 fully saturated rings. The first-order chi connectivity index (χ1) is 17.1. The van der Waals surface area contributed by atoms with Crippen molar-refractivity contribution in [3.63, 3.8) is 0 Å². The number of rotatable bonds is 7. The summed E-state index contributed by atoms with van der Waals surface area (Å²) in [4.78, 5) is 18.2. The monoisotopic (exact) mass is 509 g/mol. The maximum atomic E-state index is 12.1. The fraction of sp³-hybridized carbons (Fsp3) is 0.231. The Bertz CT molecular complexity index is 1330. The van der Waals surface area contributed by atoms with Crippen molar-refractivity contribution in [3.05, 3.63) is 81.5 Å². The third-order valence-corrected chi connectivity index (χ3v) is 6.73. The summed E-state index contributed by atoms with van der Waals surface area (Å²) in [5, 5.41) is 16.7. The number of furan rings is 1. The molecule has 180 valence electrons. The molecule has 2 aromatic carbocycles. The van der Waals surface area contributed by atoms with Crippen LogP contribution in [-0.4, -0.2) is 47.2 Å². The number of aromatic nitrogens is 1. The van der Waals surface area contributed by atoms with Crippen molar-refractivity contribution >= 4 is 45.9 Å². The van der Waals surface area contributed by atoms with Gasteiger partial charge in [-0.1, -0.05) is 35.9 Å². The predicted molar refractivity (Wildman–Crippen MR) is 137 cm³/mol. The highest BCUT2D eigenvalue weighted by atomic mass is 35.5. The molecule has 1 unspecified atom stereocenters. The van der Waals surface area contributed by atoms with E-state index < -0.39 is 6.23 Å². The van der Waals surface area contributed by atoms with Gasteiger partial charge in [0.2, 0.25) is 5.91 Å². The van der Waals surface area contributed by atoms with E-state index in [0.717, 1.165) is 27.8 Å². The summed E-state index contributed by atoms with van der Waals surface area (Å²) in [5.41, 5.74) is 5.81. The van der Waals surface area contributed by atoms with Gasteiger partial charge in [-0.15, -0.1) is 11.3 Å². The highest BCUT2D eigenvalue weighted by molar-refractivity contribution is 7.07. The molecule has 3 heterocycles. The zero-order valence-corrected chi connectivity index (χ0v) is 20.4. The van der Waals surface area contributed by atoms with E-state index in [4.69, 9.17) is 20.8 Å². The second-order valence-corrected chi connectivity index (χ2v) is 9.32. The third-order valence-electron chi connectivity index (χ3n) is 5.85. The number of nitrogens with zero attached hydrogens (tertiary/aromatic N) is 2. The first-order valence-corrected chi connectivity index (χ1v) is 12.6. The summed E-state index contributed by atoms with van der Waals surface area (Å²) in [6.45, 7) is 2.93. The summed E-state index contributed by atoms with van der Waals surface area (Å²) >= 11 is 7.99. The largest absolute Gasteiger partial charge is 0.458 e. The molecule has 1 amide bonds. The highest BCUT2D eigenvalue weighted by Gasteiger charge is 2.20. The van der Waals surface area contributed by atoms with Crippen LogP contribution in [0.15, 0.2) is 63.8 Å². The van der Waals surface area contributed by atoms with Gasteiger partial charge in [-0.25, -0.2) is 4.98 Å². The van der Waals surface area contributed by atoms with Crippen molar-refractivity contribution in [1.29, 1.82) is 0 Å². The summed E-state index contributed by atoms with van der Waals surface area (Å²) in [6, 6.07) is 13.6. The molecular formula is C26H24ClN3O4S. The molecule has 1 aliphatic rings. The second kappa shape index (κ2) is 10.7. The minimum atomic E-state index is -0.651. The fourth-order valence-electron chi connectivity index (χ4n) is 4.00. The summed E-state index contributed by atoms with van der Waals surface area (Å²) in [5.74, 6) is 0.378. The summed E-state index contributed by atoms with van der Waals surface area (Å²) in [6.07, 6.45) is 2.46. The Morgan fingerprint density at radius 1 is 1.20 bits per heavy atom. The topological polar surface area (TPSA) is 87.8 Å². The van der Waals surface area contributed by atoms with Crippen LogP contribution in [0.3, 0.4) is 0 Å². The van der Waals surface area contributed by atoms with E-state index >= 15 is 0 Å². The van der Waals surface area contributed by atoms with E-state index in [1.54, 1.807) is 11.6 Å². The lowest BCUT2D eigenvalue weighted by Gasteiger charge is -2.31. The van der Waals surface area contributed by atoms with Gasteiger partial charge in [0.25, 0.3) is 0 Å². The van der Waals surface area contributed by atoms with Gasteiger partial charge in [-0.05, 0) is 41.0 Å². The van der Waals surface area contributed by atoms with Crippen molar-refractivity contribution in [1.82, 2.24) is 15.2 Å². The van der Waals surface area contributed by atoms with Gasteiger partial charge in [0.1, 0.15) is 12.0 Å². The van der Waals surface area contributed by atoms with Crippen molar-refractivity contribution in [2.45, 2.75) is 12.8 Å². The van der Waals surface area contributed by atoms with Crippen LogP contribution in [0.2, 0.25) is 5.02 Å². The minimum Gasteiger partial charge on any atom is -0.458 e. The second-order valence-electron chi connectivity index (χ2n) is 8.20. The zero-order chi connectivity index (χ0) is 24.2. The Morgan fingerprint density at radius 3 is 2.74 bits per heavy atom. The van der Waals surface area contributed by atoms with E-state index in [-0.39, 0.29) is 12.5 Å². The van der Waals surface area contributed by atoms with Gasteiger partial charge in [0.05, 0.1) is 36.0 Å². The maximum Gasteiger partial charge on any atom is 0.244 e. The molecule has 2 N–H and O–H groups in total. The van der Waals surface area contributed by atoms with Gasteiger partial charge in [-0.2, -0.15) is 0 Å². The van der Waals surface area contributed by atoms with Gasteiger partial charge in [0, 0.05) is 29.9 Å². The zero-order valence-electron chi connectivity index (χ0n) is 18.8. The van der Waals surface area contributed by atoms with E-state index in [1.807, 2.05) is 52.7 Å². The predicted octanol–water partition coefficient (Wildman–Crippen LogP) is 4.86. The van der Waals surface area contributed by atoms with Crippen LogP contribution >= 0.6 is 22.9 Å². The third kappa shape index (κ3) is 5.63. The molecule has 0 radical (unpaired) electrons. The molecular weight excluding hydrogens is 486 g/mol. The molecule has 9 heteroatoms. The minimum absolute atomic E-state index is 0.232. The van der Waals surface area contributed by atoms with Gasteiger partial charge >= 0.3 is 0 Å². The quantitative estimate of drug-likeness (QED) is 0.346. The molecule has 4 aromatic rings. The number of hydrogen-bond acceptors (Lipinski definition) is 7. The normalized spacial score (nSPS) is 15.6. The van der Waals surface area contributed by atoms with Crippen LogP contribution < -0.4 is 5.32 Å². The smallest absolute Gasteiger partial charge is 0.244 e. The van der Waals surface area contributed by atoms with Crippen LogP contribution in [0.4, 0.5) is 0 Å². The lowest BCUT2D eigenvalue weighted by Crippen LogP contribution is -2.38. The Labute approximate surface area is 211 Å². The first-order valence-electron chi connectivity index (χ1n) is 11.2. The molecule has 5 rings (SSSR count). The molecule has 0 aliphatic carbocycles. The molecule has 1 aliphatic heterocycles. The highest BCUT2D eigenvalue weighted by Crippen LogP contribution is 2.33. The Kier molecular flexibility index (Phi) is 7.26. The number of benzene rings is 2. The molecule has 0 bridgehead atoms. The molecule has 7 nitrogen and oxygen atoms in total. The summed E-state index contributed by atoms with van der Waals surface area (Å²) in [7, 11) is 0. The number of nitrogens with one attached hydrogen (secondary N) is 1.